The molecule has 0 atom stereocenters. The Morgan fingerprint density at radius 3 is 2.50 bits per heavy atom. The molecule has 0 N–H and O–H groups in total. The van der Waals surface area contributed by atoms with Crippen LogP contribution in [0.3, 0.4) is 0 Å². The first-order chi connectivity index (χ1) is 9.40. The molecule has 0 unspecified atom stereocenters. The van der Waals surface area contributed by atoms with Crippen LogP contribution in [0.4, 0.5) is 0 Å². The van der Waals surface area contributed by atoms with Crippen LogP contribution in [-0.4, -0.2) is 19.0 Å². The second-order valence-electron chi connectivity index (χ2n) is 5.02. The third-order valence-electron chi connectivity index (χ3n) is 3.16. The van der Waals surface area contributed by atoms with Gasteiger partial charge in [-0.25, -0.2) is 4.79 Å². The molecule has 0 fully saturated rings. The van der Waals surface area contributed by atoms with Crippen molar-refractivity contribution in [2.24, 2.45) is 5.41 Å². The first-order valence-corrected chi connectivity index (χ1v) is 6.48. The number of carbonyl (C=O) groups excluding carboxylic acids is 2. The van der Waals surface area contributed by atoms with Crippen molar-refractivity contribution in [3.8, 4) is 5.75 Å². The van der Waals surface area contributed by atoms with E-state index >= 15 is 0 Å². The number of benzene rings is 1. The summed E-state index contributed by atoms with van der Waals surface area (Å²) in [6.45, 7) is 5.61. The zero-order valence-electron chi connectivity index (χ0n) is 12.3. The van der Waals surface area contributed by atoms with Gasteiger partial charge in [-0.3, -0.25) is 4.79 Å². The molecular formula is C16H20O4. The fraction of sp³-hybridized carbons (Fsp3) is 0.375. The van der Waals surface area contributed by atoms with E-state index in [1.165, 1.54) is 13.2 Å². The lowest BCUT2D eigenvalue weighted by Crippen LogP contribution is -2.28. The van der Waals surface area contributed by atoms with Gasteiger partial charge in [0, 0.05) is 11.6 Å². The zero-order valence-corrected chi connectivity index (χ0v) is 12.3. The van der Waals surface area contributed by atoms with Gasteiger partial charge in [-0.15, -0.1) is 0 Å². The lowest BCUT2D eigenvalue weighted by atomic mass is 9.91. The van der Waals surface area contributed by atoms with E-state index in [9.17, 15) is 9.59 Å². The van der Waals surface area contributed by atoms with Crippen molar-refractivity contribution in [3.05, 3.63) is 35.9 Å². The minimum Gasteiger partial charge on any atom is -0.466 e. The zero-order chi connectivity index (χ0) is 15.2. The summed E-state index contributed by atoms with van der Waals surface area (Å²) >= 11 is 0. The molecule has 0 saturated heterocycles. The Kier molecular flexibility index (Phi) is 5.50. The minimum absolute atomic E-state index is 0.293. The van der Waals surface area contributed by atoms with E-state index in [1.807, 2.05) is 20.8 Å². The molecule has 0 aliphatic heterocycles. The molecule has 20 heavy (non-hydrogen) atoms. The molecule has 0 spiro atoms. The topological polar surface area (TPSA) is 52.6 Å². The van der Waals surface area contributed by atoms with Crippen LogP contribution in [0.1, 0.15) is 32.8 Å². The summed E-state index contributed by atoms with van der Waals surface area (Å²) in [7, 11) is 1.31. The third-order valence-corrected chi connectivity index (χ3v) is 3.16. The third kappa shape index (κ3) is 4.23. The van der Waals surface area contributed by atoms with Crippen molar-refractivity contribution < 1.29 is 19.1 Å². The summed E-state index contributed by atoms with van der Waals surface area (Å²) in [5.41, 5.74) is 0.109. The highest BCUT2D eigenvalue weighted by atomic mass is 16.5. The molecular weight excluding hydrogens is 256 g/mol. The summed E-state index contributed by atoms with van der Waals surface area (Å²) in [5, 5.41) is 0. The Morgan fingerprint density at radius 1 is 1.25 bits per heavy atom. The molecule has 0 aliphatic rings. The number of carbonyl (C=O) groups is 2. The number of hydrogen-bond donors (Lipinski definition) is 0. The van der Waals surface area contributed by atoms with Crippen LogP contribution in [-0.2, 0) is 14.3 Å². The summed E-state index contributed by atoms with van der Waals surface area (Å²) in [5.74, 6) is -0.321. The molecule has 1 rings (SSSR count). The molecule has 0 bridgehead atoms. The van der Waals surface area contributed by atoms with E-state index in [-0.39, 0.29) is 5.97 Å². The summed E-state index contributed by atoms with van der Waals surface area (Å²) in [4.78, 5) is 23.2. The number of esters is 2. The van der Waals surface area contributed by atoms with E-state index in [0.717, 1.165) is 0 Å². The Labute approximate surface area is 119 Å². The van der Waals surface area contributed by atoms with Crippen LogP contribution >= 0.6 is 0 Å². The lowest BCUT2D eigenvalue weighted by Gasteiger charge is -2.20. The summed E-state index contributed by atoms with van der Waals surface area (Å²) in [6, 6.07) is 7.04. The smallest absolute Gasteiger partial charge is 0.330 e. The molecule has 0 aliphatic carbocycles. The van der Waals surface area contributed by atoms with Gasteiger partial charge in [0.1, 0.15) is 5.75 Å². The van der Waals surface area contributed by atoms with Crippen molar-refractivity contribution >= 4 is 18.0 Å². The Morgan fingerprint density at radius 2 is 1.90 bits per heavy atom. The molecule has 0 amide bonds. The number of ether oxygens (including phenoxy) is 2. The maximum absolute atomic E-state index is 12.1. The van der Waals surface area contributed by atoms with E-state index in [0.29, 0.717) is 17.7 Å². The molecule has 0 aromatic heterocycles. The normalized spacial score (nSPS) is 11.4. The van der Waals surface area contributed by atoms with Crippen molar-refractivity contribution in [3.63, 3.8) is 0 Å². The molecule has 1 aromatic carbocycles. The highest BCUT2D eigenvalue weighted by molar-refractivity contribution is 5.88. The lowest BCUT2D eigenvalue weighted by molar-refractivity contribution is -0.144. The molecule has 0 heterocycles. The van der Waals surface area contributed by atoms with Crippen LogP contribution in [0.2, 0.25) is 0 Å². The van der Waals surface area contributed by atoms with E-state index in [1.54, 1.807) is 30.3 Å². The van der Waals surface area contributed by atoms with Gasteiger partial charge in [-0.05, 0) is 32.4 Å². The highest BCUT2D eigenvalue weighted by Crippen LogP contribution is 2.26. The monoisotopic (exact) mass is 276 g/mol. The fourth-order valence-corrected chi connectivity index (χ4v) is 1.32. The van der Waals surface area contributed by atoms with Crippen molar-refractivity contribution in [2.75, 3.05) is 7.11 Å². The van der Waals surface area contributed by atoms with Gasteiger partial charge in [-0.1, -0.05) is 25.1 Å². The molecule has 4 nitrogen and oxygen atoms in total. The predicted molar refractivity (Wildman–Crippen MR) is 77.2 cm³/mol. The predicted octanol–water partition coefficient (Wildman–Crippen LogP) is 3.21. The molecule has 0 radical (unpaired) electrons. The molecule has 0 saturated carbocycles. The Hall–Kier alpha value is -2.10. The van der Waals surface area contributed by atoms with Gasteiger partial charge in [0.15, 0.2) is 0 Å². The van der Waals surface area contributed by atoms with Crippen molar-refractivity contribution in [1.82, 2.24) is 0 Å². The molecule has 1 aromatic rings. The van der Waals surface area contributed by atoms with Crippen LogP contribution in [0.25, 0.3) is 6.08 Å². The van der Waals surface area contributed by atoms with Gasteiger partial charge >= 0.3 is 11.9 Å². The Balaban J connectivity index is 2.94. The van der Waals surface area contributed by atoms with Crippen molar-refractivity contribution in [2.45, 2.75) is 27.2 Å². The van der Waals surface area contributed by atoms with Gasteiger partial charge in [0.25, 0.3) is 0 Å². The van der Waals surface area contributed by atoms with Crippen LogP contribution in [0, 0.1) is 5.41 Å². The average Bonchev–Trinajstić information content (AvgIpc) is 2.45. The molecule has 4 heteroatoms. The van der Waals surface area contributed by atoms with Crippen LogP contribution in [0.5, 0.6) is 5.75 Å². The van der Waals surface area contributed by atoms with Gasteiger partial charge in [-0.2, -0.15) is 0 Å². The van der Waals surface area contributed by atoms with Crippen LogP contribution < -0.4 is 4.74 Å². The maximum atomic E-state index is 12.1. The summed E-state index contributed by atoms with van der Waals surface area (Å²) < 4.78 is 9.96. The first kappa shape index (κ1) is 16.0. The van der Waals surface area contributed by atoms with Gasteiger partial charge in [0.05, 0.1) is 12.5 Å². The standard InChI is InChI=1S/C16H20O4/c1-5-16(2,3)15(18)20-13-9-7-6-8-12(13)10-11-14(17)19-4/h6-11H,5H2,1-4H3/b11-10+. The first-order valence-electron chi connectivity index (χ1n) is 6.48. The van der Waals surface area contributed by atoms with E-state index in [4.69, 9.17) is 4.74 Å². The molecule has 108 valence electrons. The minimum atomic E-state index is -0.542. The number of methoxy groups -OCH3 is 1. The quantitative estimate of drug-likeness (QED) is 0.471. The van der Waals surface area contributed by atoms with E-state index < -0.39 is 11.4 Å². The highest BCUT2D eigenvalue weighted by Gasteiger charge is 2.27. The number of para-hydroxylation sites is 1. The number of rotatable bonds is 5. The van der Waals surface area contributed by atoms with Crippen molar-refractivity contribution in [1.29, 1.82) is 0 Å². The maximum Gasteiger partial charge on any atom is 0.330 e. The Bertz CT molecular complexity index is 515. The second kappa shape index (κ2) is 6.89. The van der Waals surface area contributed by atoms with E-state index in [2.05, 4.69) is 4.74 Å². The fourth-order valence-electron chi connectivity index (χ4n) is 1.32. The second-order valence-corrected chi connectivity index (χ2v) is 5.02. The van der Waals surface area contributed by atoms with Gasteiger partial charge < -0.3 is 9.47 Å². The van der Waals surface area contributed by atoms with Gasteiger partial charge in [0.2, 0.25) is 0 Å². The number of hydrogen-bond acceptors (Lipinski definition) is 4. The van der Waals surface area contributed by atoms with Crippen LogP contribution in [0.15, 0.2) is 30.3 Å². The SMILES string of the molecule is CCC(C)(C)C(=O)Oc1ccccc1/C=C/C(=O)OC. The summed E-state index contributed by atoms with van der Waals surface area (Å²) in [6.07, 6.45) is 3.54. The average molecular weight is 276 g/mol. The largest absolute Gasteiger partial charge is 0.466 e.